The Bertz CT molecular complexity index is 1170. The van der Waals surface area contributed by atoms with Crippen molar-refractivity contribution in [2.75, 3.05) is 17.7 Å². The molecule has 0 saturated carbocycles. The number of aliphatic carboxylic acids is 1. The highest BCUT2D eigenvalue weighted by atomic mass is 32.2. The van der Waals surface area contributed by atoms with Gasteiger partial charge in [-0.15, -0.1) is 11.8 Å². The molecule has 0 aliphatic heterocycles. The minimum Gasteiger partial charge on any atom is -0.491 e. The molecule has 0 unspecified atom stereocenters. The Morgan fingerprint density at radius 3 is 2.33 bits per heavy atom. The lowest BCUT2D eigenvalue weighted by Gasteiger charge is -2.11. The first kappa shape index (κ1) is 27.1. The first-order valence-corrected chi connectivity index (χ1v) is 13.2. The van der Waals surface area contributed by atoms with Gasteiger partial charge in [0.25, 0.3) is 0 Å². The van der Waals surface area contributed by atoms with Gasteiger partial charge in [-0.2, -0.15) is 0 Å². The molecule has 2 aliphatic rings. The largest absolute Gasteiger partial charge is 0.491 e. The molecule has 0 bridgehead atoms. The van der Waals surface area contributed by atoms with Crippen LogP contribution in [0.1, 0.15) is 43.7 Å². The van der Waals surface area contributed by atoms with Gasteiger partial charge < -0.3 is 15.2 Å². The number of benzene rings is 3. The molecule has 2 aromatic rings. The number of hydrogen-bond acceptors (Lipinski definition) is 4. The van der Waals surface area contributed by atoms with Crippen molar-refractivity contribution < 1.29 is 19.4 Å². The standard InChI is InChI=1S/C24H29NO4S.C6H4/c1-3-4-17-30-22-12-7-9-19(18(22)2)14-15-23(26)25-20-10-5-6-11-21(20)29-16-8-13-24(27)28;1-2-6-4-3-5(1)6/h5-7,9-12,14-15H,3-4,8,13,16-17H2,1-2H3,(H,25,26)(H,27,28);1-4H. The molecule has 5 nitrogen and oxygen atoms in total. The van der Waals surface area contributed by atoms with Crippen molar-refractivity contribution in [3.8, 4) is 16.9 Å². The van der Waals surface area contributed by atoms with Crippen LogP contribution in [-0.4, -0.2) is 29.3 Å². The Morgan fingerprint density at radius 1 is 0.972 bits per heavy atom. The summed E-state index contributed by atoms with van der Waals surface area (Å²) in [5.74, 6) is 0.512. The van der Waals surface area contributed by atoms with Crippen molar-refractivity contribution in [3.05, 3.63) is 83.9 Å². The topological polar surface area (TPSA) is 75.6 Å². The van der Waals surface area contributed by atoms with Crippen LogP contribution in [0.2, 0.25) is 0 Å². The highest BCUT2D eigenvalue weighted by Crippen LogP contribution is 2.29. The van der Waals surface area contributed by atoms with Crippen LogP contribution in [-0.2, 0) is 9.59 Å². The van der Waals surface area contributed by atoms with E-state index in [4.69, 9.17) is 9.84 Å². The monoisotopic (exact) mass is 503 g/mol. The third-order valence-electron chi connectivity index (χ3n) is 5.65. The fourth-order valence-corrected chi connectivity index (χ4v) is 4.56. The van der Waals surface area contributed by atoms with Gasteiger partial charge in [-0.3, -0.25) is 9.59 Å². The molecule has 0 atom stereocenters. The fraction of sp³-hybridized carbons (Fsp3) is 0.267. The summed E-state index contributed by atoms with van der Waals surface area (Å²) in [5, 5.41) is 11.5. The number of carboxylic acids is 1. The van der Waals surface area contributed by atoms with Gasteiger partial charge in [-0.25, -0.2) is 0 Å². The quantitative estimate of drug-likeness (QED) is 0.119. The van der Waals surface area contributed by atoms with Crippen LogP contribution in [0.25, 0.3) is 17.2 Å². The molecule has 0 aromatic heterocycles. The zero-order chi connectivity index (χ0) is 25.8. The molecule has 0 spiro atoms. The number of fused-ring (bicyclic) bond motifs is 1. The van der Waals surface area contributed by atoms with Gasteiger partial charge in [0.2, 0.25) is 5.91 Å². The molecule has 2 aliphatic carbocycles. The molecule has 6 heteroatoms. The van der Waals surface area contributed by atoms with E-state index in [0.717, 1.165) is 11.3 Å². The SMILES string of the molecule is CCCCSc1cccc(C=CC(=O)Nc2ccccc2OCCCC(=O)O)c1C.c1cc2ccc1-2. The number of hydrogen-bond donors (Lipinski definition) is 2. The number of nitrogens with one attached hydrogen (secondary N) is 1. The third-order valence-corrected chi connectivity index (χ3v) is 6.90. The Morgan fingerprint density at radius 2 is 1.69 bits per heavy atom. The van der Waals surface area contributed by atoms with E-state index in [1.165, 1.54) is 40.5 Å². The summed E-state index contributed by atoms with van der Waals surface area (Å²) < 4.78 is 5.63. The van der Waals surface area contributed by atoms with E-state index in [0.29, 0.717) is 17.9 Å². The Labute approximate surface area is 217 Å². The minimum atomic E-state index is -0.853. The van der Waals surface area contributed by atoms with E-state index in [1.54, 1.807) is 12.1 Å². The smallest absolute Gasteiger partial charge is 0.303 e. The third kappa shape index (κ3) is 8.31. The summed E-state index contributed by atoms with van der Waals surface area (Å²) in [6.45, 7) is 4.53. The number of amides is 1. The Balaban J connectivity index is 0.000000513. The first-order chi connectivity index (χ1) is 17.5. The van der Waals surface area contributed by atoms with E-state index in [2.05, 4.69) is 49.5 Å². The molecular weight excluding hydrogens is 470 g/mol. The maximum Gasteiger partial charge on any atom is 0.303 e. The molecule has 0 fully saturated rings. The number of carbonyl (C=O) groups is 2. The highest BCUT2D eigenvalue weighted by molar-refractivity contribution is 7.99. The second-order valence-corrected chi connectivity index (χ2v) is 9.55. The summed E-state index contributed by atoms with van der Waals surface area (Å²) >= 11 is 1.85. The van der Waals surface area contributed by atoms with Crippen LogP contribution in [0.4, 0.5) is 5.69 Å². The van der Waals surface area contributed by atoms with Gasteiger partial charge in [0.1, 0.15) is 5.75 Å². The molecule has 4 rings (SSSR count). The predicted molar refractivity (Wildman–Crippen MR) is 149 cm³/mol. The zero-order valence-electron chi connectivity index (χ0n) is 20.8. The van der Waals surface area contributed by atoms with E-state index in [1.807, 2.05) is 42.1 Å². The molecule has 1 amide bonds. The number of rotatable bonds is 12. The van der Waals surface area contributed by atoms with Crippen molar-refractivity contribution in [1.29, 1.82) is 0 Å². The lowest BCUT2D eigenvalue weighted by Crippen LogP contribution is -2.10. The molecular formula is C30H33NO4S. The molecule has 0 radical (unpaired) electrons. The number of unbranched alkanes of at least 4 members (excludes halogenated alkanes) is 1. The van der Waals surface area contributed by atoms with Gasteiger partial charge >= 0.3 is 5.97 Å². The van der Waals surface area contributed by atoms with E-state index in [-0.39, 0.29) is 18.9 Å². The van der Waals surface area contributed by atoms with Crippen LogP contribution in [0.5, 0.6) is 5.75 Å². The molecule has 0 saturated heterocycles. The average Bonchev–Trinajstić information content (AvgIpc) is 2.85. The van der Waals surface area contributed by atoms with Gasteiger partial charge in [0, 0.05) is 17.4 Å². The average molecular weight is 504 g/mol. The van der Waals surface area contributed by atoms with Crippen LogP contribution < -0.4 is 10.1 Å². The number of carboxylic acid groups (broad SMARTS) is 1. The molecule has 36 heavy (non-hydrogen) atoms. The van der Waals surface area contributed by atoms with Gasteiger partial charge in [0.05, 0.1) is 12.3 Å². The van der Waals surface area contributed by atoms with Crippen LogP contribution in [0, 0.1) is 6.92 Å². The Hall–Kier alpha value is -3.51. The second-order valence-electron chi connectivity index (χ2n) is 8.41. The number of ether oxygens (including phenoxy) is 1. The lowest BCUT2D eigenvalue weighted by atomic mass is 9.95. The minimum absolute atomic E-state index is 0.0480. The number of anilines is 1. The second kappa shape index (κ2) is 14.1. The van der Waals surface area contributed by atoms with Crippen LogP contribution in [0.3, 0.4) is 0 Å². The summed E-state index contributed by atoms with van der Waals surface area (Å²) in [6, 6.07) is 21.7. The highest BCUT2D eigenvalue weighted by Gasteiger charge is 2.07. The Kier molecular flexibility index (Phi) is 10.6. The molecule has 188 valence electrons. The van der Waals surface area contributed by atoms with Gasteiger partial charge in [0.15, 0.2) is 0 Å². The van der Waals surface area contributed by atoms with Crippen LogP contribution >= 0.6 is 11.8 Å². The van der Waals surface area contributed by atoms with Gasteiger partial charge in [-0.05, 0) is 72.0 Å². The van der Waals surface area contributed by atoms with E-state index in [9.17, 15) is 9.59 Å². The molecule has 2 aromatic carbocycles. The lowest BCUT2D eigenvalue weighted by molar-refractivity contribution is -0.137. The maximum atomic E-state index is 12.4. The first-order valence-electron chi connectivity index (χ1n) is 12.2. The zero-order valence-corrected chi connectivity index (χ0v) is 21.6. The normalized spacial score (nSPS) is 10.9. The number of para-hydroxylation sites is 2. The fourth-order valence-electron chi connectivity index (χ4n) is 3.40. The summed E-state index contributed by atoms with van der Waals surface area (Å²) in [6.07, 6.45) is 6.16. The van der Waals surface area contributed by atoms with Crippen molar-refractivity contribution in [3.63, 3.8) is 0 Å². The van der Waals surface area contributed by atoms with E-state index < -0.39 is 5.97 Å². The number of thioether (sulfide) groups is 1. The van der Waals surface area contributed by atoms with Gasteiger partial charge in [-0.1, -0.05) is 61.9 Å². The van der Waals surface area contributed by atoms with Crippen LogP contribution in [0.15, 0.2) is 77.7 Å². The molecule has 0 heterocycles. The summed E-state index contributed by atoms with van der Waals surface area (Å²) in [4.78, 5) is 24.3. The van der Waals surface area contributed by atoms with Crippen molar-refractivity contribution in [1.82, 2.24) is 0 Å². The molecule has 2 N–H and O–H groups in total. The van der Waals surface area contributed by atoms with E-state index >= 15 is 0 Å². The van der Waals surface area contributed by atoms with Crippen molar-refractivity contribution in [2.45, 2.75) is 44.4 Å². The van der Waals surface area contributed by atoms with Crippen molar-refractivity contribution >= 4 is 35.4 Å². The number of carbonyl (C=O) groups excluding carboxylic acids is 1. The summed E-state index contributed by atoms with van der Waals surface area (Å²) in [7, 11) is 0. The maximum absolute atomic E-state index is 12.4. The summed E-state index contributed by atoms with van der Waals surface area (Å²) in [5.41, 5.74) is 5.60. The van der Waals surface area contributed by atoms with Crippen molar-refractivity contribution in [2.24, 2.45) is 0 Å². The predicted octanol–water partition coefficient (Wildman–Crippen LogP) is 7.45.